The average molecular weight is 409 g/mol. The van der Waals surface area contributed by atoms with Crippen molar-refractivity contribution in [3.05, 3.63) is 45.6 Å². The number of halogens is 1. The maximum Gasteiger partial charge on any atom is 0.341 e. The highest BCUT2D eigenvalue weighted by molar-refractivity contribution is 7.16. The number of esters is 1. The van der Waals surface area contributed by atoms with Gasteiger partial charge in [0.25, 0.3) is 5.91 Å². The fourth-order valence-corrected chi connectivity index (χ4v) is 4.02. The maximum absolute atomic E-state index is 12.5. The molecule has 0 aliphatic carbocycles. The Morgan fingerprint density at radius 1 is 1.33 bits per heavy atom. The molecule has 1 atom stereocenters. The van der Waals surface area contributed by atoms with E-state index >= 15 is 0 Å². The second-order valence-electron chi connectivity index (χ2n) is 7.60. The van der Waals surface area contributed by atoms with E-state index in [9.17, 15) is 9.59 Å². The molecule has 0 unspecified atom stereocenters. The molecule has 146 valence electrons. The van der Waals surface area contributed by atoms with Gasteiger partial charge < -0.3 is 10.1 Å². The zero-order chi connectivity index (χ0) is 20.2. The molecule has 0 aromatic carbocycles. The molecule has 0 spiro atoms. The molecule has 2 aromatic heterocycles. The fraction of sp³-hybridized carbons (Fsp3) is 0.450. The zero-order valence-electron chi connectivity index (χ0n) is 16.3. The van der Waals surface area contributed by atoms with Gasteiger partial charge in [-0.15, -0.1) is 11.3 Å². The van der Waals surface area contributed by atoms with E-state index in [-0.39, 0.29) is 23.8 Å². The van der Waals surface area contributed by atoms with Crippen LogP contribution in [0.5, 0.6) is 0 Å². The lowest BCUT2D eigenvalue weighted by Crippen LogP contribution is -2.14. The van der Waals surface area contributed by atoms with Crippen LogP contribution in [0, 0.1) is 5.41 Å². The van der Waals surface area contributed by atoms with Crippen LogP contribution in [0.3, 0.4) is 0 Å². The normalized spacial score (nSPS) is 12.5. The van der Waals surface area contributed by atoms with Crippen molar-refractivity contribution in [2.75, 3.05) is 11.9 Å². The van der Waals surface area contributed by atoms with Crippen molar-refractivity contribution in [1.82, 2.24) is 4.98 Å². The van der Waals surface area contributed by atoms with Crippen LogP contribution >= 0.6 is 22.9 Å². The van der Waals surface area contributed by atoms with E-state index in [1.807, 2.05) is 6.07 Å². The summed E-state index contributed by atoms with van der Waals surface area (Å²) in [4.78, 5) is 29.8. The molecule has 0 radical (unpaired) electrons. The number of aromatic nitrogens is 1. The molecule has 0 bridgehead atoms. The molecule has 0 aliphatic heterocycles. The van der Waals surface area contributed by atoms with Crippen molar-refractivity contribution in [2.24, 2.45) is 5.41 Å². The Balaban J connectivity index is 2.30. The first kappa shape index (κ1) is 21.4. The molecule has 0 saturated heterocycles. The topological polar surface area (TPSA) is 68.3 Å². The number of carbonyl (C=O) groups excluding carboxylic acids is 2. The minimum Gasteiger partial charge on any atom is -0.462 e. The fourth-order valence-electron chi connectivity index (χ4n) is 2.81. The third-order valence-corrected chi connectivity index (χ3v) is 5.37. The van der Waals surface area contributed by atoms with Crippen LogP contribution in [0.15, 0.2) is 24.4 Å². The van der Waals surface area contributed by atoms with Crippen LogP contribution in [-0.2, 0) is 4.74 Å². The van der Waals surface area contributed by atoms with Gasteiger partial charge >= 0.3 is 5.97 Å². The third-order valence-electron chi connectivity index (χ3n) is 3.87. The van der Waals surface area contributed by atoms with E-state index < -0.39 is 5.97 Å². The highest BCUT2D eigenvalue weighted by atomic mass is 35.5. The van der Waals surface area contributed by atoms with Crippen LogP contribution in [0.25, 0.3) is 0 Å². The Bertz CT molecular complexity index is 810. The van der Waals surface area contributed by atoms with Crippen LogP contribution in [0.4, 0.5) is 5.00 Å². The Morgan fingerprint density at radius 3 is 2.59 bits per heavy atom. The Labute approximate surface area is 169 Å². The van der Waals surface area contributed by atoms with Crippen LogP contribution in [0.1, 0.15) is 72.6 Å². The van der Waals surface area contributed by atoms with Crippen molar-refractivity contribution in [2.45, 2.75) is 47.0 Å². The van der Waals surface area contributed by atoms with Crippen molar-refractivity contribution < 1.29 is 14.3 Å². The first-order chi connectivity index (χ1) is 12.6. The van der Waals surface area contributed by atoms with Gasteiger partial charge in [0, 0.05) is 11.1 Å². The van der Waals surface area contributed by atoms with E-state index in [2.05, 4.69) is 38.0 Å². The van der Waals surface area contributed by atoms with Gasteiger partial charge in [0.05, 0.1) is 17.7 Å². The Morgan fingerprint density at radius 2 is 2.04 bits per heavy atom. The molecule has 1 N–H and O–H groups in total. The van der Waals surface area contributed by atoms with Crippen molar-refractivity contribution in [3.63, 3.8) is 0 Å². The number of anilines is 1. The van der Waals surface area contributed by atoms with Crippen LogP contribution < -0.4 is 5.32 Å². The van der Waals surface area contributed by atoms with Gasteiger partial charge in [-0.05, 0) is 42.9 Å². The smallest absolute Gasteiger partial charge is 0.341 e. The number of amides is 1. The quantitative estimate of drug-likeness (QED) is 0.487. The van der Waals surface area contributed by atoms with E-state index in [4.69, 9.17) is 16.3 Å². The van der Waals surface area contributed by atoms with Gasteiger partial charge in [-0.25, -0.2) is 9.78 Å². The summed E-state index contributed by atoms with van der Waals surface area (Å²) in [5, 5.41) is 3.62. The molecule has 0 fully saturated rings. The monoisotopic (exact) mass is 408 g/mol. The number of rotatable bonds is 6. The molecular weight excluding hydrogens is 384 g/mol. The molecule has 27 heavy (non-hydrogen) atoms. The number of thiophene rings is 1. The second kappa shape index (κ2) is 8.85. The number of hydrogen-bond donors (Lipinski definition) is 1. The van der Waals surface area contributed by atoms with Gasteiger partial charge in [-0.3, -0.25) is 4.79 Å². The molecule has 0 aliphatic rings. The minimum atomic E-state index is -0.438. The van der Waals surface area contributed by atoms with E-state index in [0.29, 0.717) is 21.3 Å². The highest BCUT2D eigenvalue weighted by Crippen LogP contribution is 2.38. The summed E-state index contributed by atoms with van der Waals surface area (Å²) in [5.74, 6) is -0.528. The van der Waals surface area contributed by atoms with Gasteiger partial charge in [0.15, 0.2) is 0 Å². The summed E-state index contributed by atoms with van der Waals surface area (Å²) in [6.45, 7) is 10.7. The number of nitrogens with zero attached hydrogens (tertiary/aromatic N) is 1. The zero-order valence-corrected chi connectivity index (χ0v) is 17.8. The molecule has 7 heteroatoms. The summed E-state index contributed by atoms with van der Waals surface area (Å²) < 4.78 is 5.15. The molecule has 2 heterocycles. The SMILES string of the molecule is CCOC(=O)c1cc([C@@H](C)CC(C)(C)C)sc1NC(=O)c1ccc(Cl)nc1. The third kappa shape index (κ3) is 6.04. The lowest BCUT2D eigenvalue weighted by molar-refractivity contribution is 0.0528. The summed E-state index contributed by atoms with van der Waals surface area (Å²) in [6, 6.07) is 4.97. The number of carbonyl (C=O) groups is 2. The van der Waals surface area contributed by atoms with Crippen molar-refractivity contribution in [1.29, 1.82) is 0 Å². The number of hydrogen-bond acceptors (Lipinski definition) is 5. The predicted molar refractivity (Wildman–Crippen MR) is 110 cm³/mol. The lowest BCUT2D eigenvalue weighted by atomic mass is 9.85. The summed E-state index contributed by atoms with van der Waals surface area (Å²) in [7, 11) is 0. The van der Waals surface area contributed by atoms with E-state index in [0.717, 1.165) is 11.3 Å². The summed E-state index contributed by atoms with van der Waals surface area (Å²) >= 11 is 7.18. The Kier molecular flexibility index (Phi) is 7.00. The molecule has 1 amide bonds. The average Bonchev–Trinajstić information content (AvgIpc) is 2.98. The van der Waals surface area contributed by atoms with Gasteiger partial charge in [-0.1, -0.05) is 39.3 Å². The molecular formula is C20H25ClN2O3S. The largest absolute Gasteiger partial charge is 0.462 e. The first-order valence-electron chi connectivity index (χ1n) is 8.84. The lowest BCUT2D eigenvalue weighted by Gasteiger charge is -2.22. The van der Waals surface area contributed by atoms with Gasteiger partial charge in [0.2, 0.25) is 0 Å². The summed E-state index contributed by atoms with van der Waals surface area (Å²) in [6.07, 6.45) is 2.36. The maximum atomic E-state index is 12.5. The number of pyridine rings is 1. The van der Waals surface area contributed by atoms with Crippen molar-refractivity contribution in [3.8, 4) is 0 Å². The first-order valence-corrected chi connectivity index (χ1v) is 10.0. The molecule has 0 saturated carbocycles. The minimum absolute atomic E-state index is 0.159. The van der Waals surface area contributed by atoms with E-state index in [1.54, 1.807) is 19.1 Å². The highest BCUT2D eigenvalue weighted by Gasteiger charge is 2.24. The van der Waals surface area contributed by atoms with Crippen LogP contribution in [0.2, 0.25) is 5.15 Å². The van der Waals surface area contributed by atoms with Gasteiger partial charge in [-0.2, -0.15) is 0 Å². The molecule has 2 aromatic rings. The second-order valence-corrected chi connectivity index (χ2v) is 9.07. The Hall–Kier alpha value is -1.92. The standard InChI is InChI=1S/C20H25ClN2O3S/c1-6-26-19(25)14-9-15(12(2)10-20(3,4)5)27-18(14)23-17(24)13-7-8-16(21)22-11-13/h7-9,11-12H,6,10H2,1-5H3,(H,23,24)/t12-/m0/s1. The summed E-state index contributed by atoms with van der Waals surface area (Å²) in [5.41, 5.74) is 0.908. The predicted octanol–water partition coefficient (Wildman–Crippen LogP) is 5.77. The molecule has 2 rings (SSSR count). The number of ether oxygens (including phenoxy) is 1. The van der Waals surface area contributed by atoms with Crippen molar-refractivity contribution >= 4 is 39.8 Å². The number of nitrogens with one attached hydrogen (secondary N) is 1. The van der Waals surface area contributed by atoms with Gasteiger partial charge in [0.1, 0.15) is 10.2 Å². The molecule has 5 nitrogen and oxygen atoms in total. The van der Waals surface area contributed by atoms with Crippen LogP contribution in [-0.4, -0.2) is 23.5 Å². The van der Waals surface area contributed by atoms with E-state index in [1.165, 1.54) is 17.5 Å².